The zero-order valence-electron chi connectivity index (χ0n) is 21.1. The maximum Gasteiger partial charge on any atom is 0.407 e. The smallest absolute Gasteiger partial charge is 0.407 e. The number of amides is 2. The number of anilines is 3. The number of aryl methyl sites for hydroxylation is 1. The molecule has 36 heavy (non-hydrogen) atoms. The van der Waals surface area contributed by atoms with Crippen LogP contribution in [-0.2, 0) is 11.2 Å². The Morgan fingerprint density at radius 1 is 1.11 bits per heavy atom. The molecule has 1 fully saturated rings. The number of carbonyl (C=O) groups excluding carboxylic acids is 2. The van der Waals surface area contributed by atoms with Crippen molar-refractivity contribution >= 4 is 50.9 Å². The molecule has 3 aromatic rings. The SMILES string of the molecule is CCc1nc(C(N)=O)c(Nc2ccc3ncsc3c2)nc1NC1CCC(NC(=O)OC(C)(C)C)CC1. The van der Waals surface area contributed by atoms with E-state index in [-0.39, 0.29) is 23.9 Å². The number of carbonyl (C=O) groups is 2. The zero-order chi connectivity index (χ0) is 25.9. The van der Waals surface area contributed by atoms with Crippen LogP contribution in [0.3, 0.4) is 0 Å². The third-order valence-electron chi connectivity index (χ3n) is 5.92. The van der Waals surface area contributed by atoms with Crippen LogP contribution in [-0.4, -0.2) is 44.6 Å². The second kappa shape index (κ2) is 10.7. The van der Waals surface area contributed by atoms with Crippen LogP contribution in [0, 0.1) is 0 Å². The molecule has 0 unspecified atom stereocenters. The molecule has 1 aliphatic carbocycles. The van der Waals surface area contributed by atoms with E-state index in [1.54, 1.807) is 5.51 Å². The van der Waals surface area contributed by atoms with Crippen molar-refractivity contribution in [2.24, 2.45) is 5.73 Å². The van der Waals surface area contributed by atoms with Crippen LogP contribution in [0.5, 0.6) is 0 Å². The number of hydrogen-bond donors (Lipinski definition) is 4. The Hall–Kier alpha value is -3.47. The average Bonchev–Trinajstić information content (AvgIpc) is 3.27. The molecule has 2 aromatic heterocycles. The number of alkyl carbamates (subject to hydrolysis) is 1. The first kappa shape index (κ1) is 25.6. The van der Waals surface area contributed by atoms with E-state index in [0.717, 1.165) is 41.6 Å². The molecular formula is C25H33N7O3S. The summed E-state index contributed by atoms with van der Waals surface area (Å²) in [6, 6.07) is 6.00. The topological polar surface area (TPSA) is 144 Å². The van der Waals surface area contributed by atoms with E-state index >= 15 is 0 Å². The van der Waals surface area contributed by atoms with Crippen molar-refractivity contribution in [3.8, 4) is 0 Å². The number of benzene rings is 1. The van der Waals surface area contributed by atoms with Gasteiger partial charge < -0.3 is 26.4 Å². The van der Waals surface area contributed by atoms with E-state index in [4.69, 9.17) is 15.5 Å². The molecule has 5 N–H and O–H groups in total. The fraction of sp³-hybridized carbons (Fsp3) is 0.480. The third-order valence-corrected chi connectivity index (χ3v) is 6.71. The van der Waals surface area contributed by atoms with Crippen molar-refractivity contribution in [3.05, 3.63) is 35.1 Å². The lowest BCUT2D eigenvalue weighted by molar-refractivity contribution is 0.0492. The molecule has 2 heterocycles. The first-order valence-electron chi connectivity index (χ1n) is 12.2. The standard InChI is InChI=1S/C25H33N7O3S/c1-5-17-22(28-14-6-8-15(9-7-14)30-24(34)35-25(2,3)4)32-23(20(31-17)21(26)33)29-16-10-11-18-19(12-16)36-13-27-18/h10-15H,5-9H2,1-4H3,(H2,26,33)(H,30,34)(H2,28,29,32). The minimum atomic E-state index is -0.640. The number of fused-ring (bicyclic) bond motifs is 1. The molecule has 4 rings (SSSR count). The number of thiazole rings is 1. The summed E-state index contributed by atoms with van der Waals surface area (Å²) in [6.07, 6.45) is 3.57. The Bertz CT molecular complexity index is 1250. The van der Waals surface area contributed by atoms with Gasteiger partial charge in [0.05, 0.1) is 21.4 Å². The number of nitrogens with one attached hydrogen (secondary N) is 3. The summed E-state index contributed by atoms with van der Waals surface area (Å²) < 4.78 is 6.40. The van der Waals surface area contributed by atoms with Gasteiger partial charge >= 0.3 is 6.09 Å². The van der Waals surface area contributed by atoms with Crippen LogP contribution < -0.4 is 21.7 Å². The maximum atomic E-state index is 12.2. The van der Waals surface area contributed by atoms with Gasteiger partial charge in [0.2, 0.25) is 0 Å². The number of primary amides is 1. The van der Waals surface area contributed by atoms with E-state index in [0.29, 0.717) is 23.8 Å². The summed E-state index contributed by atoms with van der Waals surface area (Å²) in [6.45, 7) is 7.52. The minimum absolute atomic E-state index is 0.0748. The van der Waals surface area contributed by atoms with Crippen LogP contribution >= 0.6 is 11.3 Å². The molecule has 0 atom stereocenters. The number of aromatic nitrogens is 3. The largest absolute Gasteiger partial charge is 0.444 e. The van der Waals surface area contributed by atoms with Crippen LogP contribution in [0.1, 0.15) is 69.6 Å². The molecule has 1 aliphatic rings. The monoisotopic (exact) mass is 511 g/mol. The summed E-state index contributed by atoms with van der Waals surface area (Å²) in [5.41, 5.74) is 9.37. The molecule has 0 spiro atoms. The highest BCUT2D eigenvalue weighted by atomic mass is 32.1. The summed E-state index contributed by atoms with van der Waals surface area (Å²) in [5.74, 6) is 0.303. The highest BCUT2D eigenvalue weighted by molar-refractivity contribution is 7.16. The lowest BCUT2D eigenvalue weighted by Gasteiger charge is -2.31. The van der Waals surface area contributed by atoms with Gasteiger partial charge in [-0.3, -0.25) is 4.79 Å². The lowest BCUT2D eigenvalue weighted by Crippen LogP contribution is -2.42. The van der Waals surface area contributed by atoms with Crippen LogP contribution in [0.25, 0.3) is 10.2 Å². The molecule has 0 aliphatic heterocycles. The second-order valence-corrected chi connectivity index (χ2v) is 10.8. The summed E-state index contributed by atoms with van der Waals surface area (Å²) in [4.78, 5) is 37.9. The predicted octanol–water partition coefficient (Wildman–Crippen LogP) is 4.74. The second-order valence-electron chi connectivity index (χ2n) is 9.93. The zero-order valence-corrected chi connectivity index (χ0v) is 21.9. The number of nitrogens with zero attached hydrogens (tertiary/aromatic N) is 3. The van der Waals surface area contributed by atoms with Crippen LogP contribution in [0.2, 0.25) is 0 Å². The van der Waals surface area contributed by atoms with E-state index in [1.807, 2.05) is 45.9 Å². The number of hydrogen-bond acceptors (Lipinski definition) is 9. The van der Waals surface area contributed by atoms with Crippen molar-refractivity contribution in [1.82, 2.24) is 20.3 Å². The van der Waals surface area contributed by atoms with Gasteiger partial charge in [-0.15, -0.1) is 11.3 Å². The van der Waals surface area contributed by atoms with Gasteiger partial charge in [0, 0.05) is 17.8 Å². The molecular weight excluding hydrogens is 478 g/mol. The van der Waals surface area contributed by atoms with Crippen molar-refractivity contribution in [2.75, 3.05) is 10.6 Å². The Morgan fingerprint density at radius 2 is 1.83 bits per heavy atom. The molecule has 0 bridgehead atoms. The number of nitrogens with two attached hydrogens (primary N) is 1. The van der Waals surface area contributed by atoms with Crippen molar-refractivity contribution in [2.45, 2.75) is 77.5 Å². The normalized spacial score (nSPS) is 18.0. The maximum absolute atomic E-state index is 12.2. The fourth-order valence-electron chi connectivity index (χ4n) is 4.21. The Morgan fingerprint density at radius 3 is 2.50 bits per heavy atom. The van der Waals surface area contributed by atoms with Crippen molar-refractivity contribution in [1.29, 1.82) is 0 Å². The lowest BCUT2D eigenvalue weighted by atomic mass is 9.91. The summed E-state index contributed by atoms with van der Waals surface area (Å²) >= 11 is 1.54. The van der Waals surface area contributed by atoms with E-state index in [1.165, 1.54) is 11.3 Å². The van der Waals surface area contributed by atoms with Gasteiger partial charge in [-0.25, -0.2) is 19.7 Å². The first-order valence-corrected chi connectivity index (χ1v) is 13.1. The highest BCUT2D eigenvalue weighted by Gasteiger charge is 2.26. The molecule has 1 saturated carbocycles. The Labute approximate surface area is 214 Å². The van der Waals surface area contributed by atoms with E-state index < -0.39 is 11.5 Å². The molecule has 10 nitrogen and oxygen atoms in total. The summed E-state index contributed by atoms with van der Waals surface area (Å²) in [5, 5.41) is 9.70. The van der Waals surface area contributed by atoms with Gasteiger partial charge in [0.1, 0.15) is 11.4 Å². The summed E-state index contributed by atoms with van der Waals surface area (Å²) in [7, 11) is 0. The van der Waals surface area contributed by atoms with Gasteiger partial charge in [0.25, 0.3) is 5.91 Å². The quantitative estimate of drug-likeness (QED) is 0.356. The molecule has 1 aromatic carbocycles. The Kier molecular flexibility index (Phi) is 7.58. The minimum Gasteiger partial charge on any atom is -0.444 e. The Balaban J connectivity index is 1.47. The van der Waals surface area contributed by atoms with Gasteiger partial charge in [-0.1, -0.05) is 6.92 Å². The van der Waals surface area contributed by atoms with Crippen LogP contribution in [0.4, 0.5) is 22.1 Å². The van der Waals surface area contributed by atoms with Crippen LogP contribution in [0.15, 0.2) is 23.7 Å². The third kappa shape index (κ3) is 6.39. The van der Waals surface area contributed by atoms with Gasteiger partial charge in [-0.05, 0) is 71.1 Å². The molecule has 11 heteroatoms. The molecule has 192 valence electrons. The van der Waals surface area contributed by atoms with E-state index in [9.17, 15) is 9.59 Å². The fourth-order valence-corrected chi connectivity index (χ4v) is 4.93. The van der Waals surface area contributed by atoms with E-state index in [2.05, 4.69) is 25.9 Å². The molecule has 2 amide bonds. The van der Waals surface area contributed by atoms with Gasteiger partial charge in [-0.2, -0.15) is 0 Å². The predicted molar refractivity (Wildman–Crippen MR) is 142 cm³/mol. The molecule has 0 radical (unpaired) electrons. The van der Waals surface area contributed by atoms with Crippen molar-refractivity contribution in [3.63, 3.8) is 0 Å². The van der Waals surface area contributed by atoms with Gasteiger partial charge in [0.15, 0.2) is 11.5 Å². The highest BCUT2D eigenvalue weighted by Crippen LogP contribution is 2.28. The average molecular weight is 512 g/mol. The number of ether oxygens (including phenoxy) is 1. The number of rotatable bonds is 7. The first-order chi connectivity index (χ1) is 17.1. The molecule has 0 saturated heterocycles. The van der Waals surface area contributed by atoms with Crippen molar-refractivity contribution < 1.29 is 14.3 Å².